The summed E-state index contributed by atoms with van der Waals surface area (Å²) in [5, 5.41) is 3.81. The van der Waals surface area contributed by atoms with Gasteiger partial charge in [0.1, 0.15) is 0 Å². The first-order chi connectivity index (χ1) is 8.75. The van der Waals surface area contributed by atoms with Crippen LogP contribution >= 0.6 is 0 Å². The van der Waals surface area contributed by atoms with E-state index in [-0.39, 0.29) is 0 Å². The molecular weight excluding hydrogens is 220 g/mol. The summed E-state index contributed by atoms with van der Waals surface area (Å²) in [6, 6.07) is 12.1. The van der Waals surface area contributed by atoms with Crippen molar-refractivity contribution in [2.75, 3.05) is 20.6 Å². The van der Waals surface area contributed by atoms with Crippen LogP contribution in [0.15, 0.2) is 30.3 Å². The van der Waals surface area contributed by atoms with Crippen LogP contribution in [0.2, 0.25) is 0 Å². The van der Waals surface area contributed by atoms with Crippen molar-refractivity contribution in [1.82, 2.24) is 10.2 Å². The second kappa shape index (κ2) is 5.02. The minimum Gasteiger partial charge on any atom is -0.312 e. The third-order valence-corrected chi connectivity index (χ3v) is 4.72. The molecule has 1 aromatic carbocycles. The lowest BCUT2D eigenvalue weighted by atomic mass is 10.0. The molecule has 18 heavy (non-hydrogen) atoms. The van der Waals surface area contributed by atoms with Crippen molar-refractivity contribution < 1.29 is 0 Å². The molecule has 3 rings (SSSR count). The fourth-order valence-corrected chi connectivity index (χ4v) is 3.49. The Bertz CT molecular complexity index is 387. The van der Waals surface area contributed by atoms with Gasteiger partial charge < -0.3 is 10.2 Å². The SMILES string of the molecule is CN(C)C(CNC1CC[C@H]2C[C@@H]12)c1ccccc1. The molecule has 2 heteroatoms. The lowest BCUT2D eigenvalue weighted by Crippen LogP contribution is -2.37. The Balaban J connectivity index is 1.60. The average Bonchev–Trinajstić information content (AvgIpc) is 3.05. The zero-order valence-electron chi connectivity index (χ0n) is 11.5. The molecule has 2 fully saturated rings. The molecule has 2 aliphatic carbocycles. The third kappa shape index (κ3) is 2.45. The lowest BCUT2D eigenvalue weighted by molar-refractivity contribution is 0.275. The second-order valence-corrected chi connectivity index (χ2v) is 6.14. The standard InChI is InChI=1S/C16H24N2/c1-18(2)16(12-6-4-3-5-7-12)11-17-15-9-8-13-10-14(13)15/h3-7,13-17H,8-11H2,1-2H3/t13-,14+,15?,16?/m0/s1. The van der Waals surface area contributed by atoms with Crippen LogP contribution in [0.1, 0.15) is 30.9 Å². The molecule has 2 aliphatic rings. The number of hydrogen-bond donors (Lipinski definition) is 1. The minimum atomic E-state index is 0.490. The predicted molar refractivity (Wildman–Crippen MR) is 75.5 cm³/mol. The summed E-state index contributed by atoms with van der Waals surface area (Å²) in [6.45, 7) is 1.07. The molecule has 0 heterocycles. The predicted octanol–water partition coefficient (Wildman–Crippen LogP) is 2.68. The Morgan fingerprint density at radius 3 is 2.56 bits per heavy atom. The summed E-state index contributed by atoms with van der Waals surface area (Å²) in [5.41, 5.74) is 1.42. The van der Waals surface area contributed by atoms with E-state index in [4.69, 9.17) is 0 Å². The van der Waals surface area contributed by atoms with Gasteiger partial charge in [0.05, 0.1) is 0 Å². The third-order valence-electron chi connectivity index (χ3n) is 4.72. The quantitative estimate of drug-likeness (QED) is 0.856. The number of likely N-dealkylation sites (N-methyl/N-ethyl adjacent to an activating group) is 1. The van der Waals surface area contributed by atoms with Crippen LogP contribution in [0, 0.1) is 11.8 Å². The maximum atomic E-state index is 3.81. The van der Waals surface area contributed by atoms with Crippen molar-refractivity contribution in [3.63, 3.8) is 0 Å². The fourth-order valence-electron chi connectivity index (χ4n) is 3.49. The van der Waals surface area contributed by atoms with Gasteiger partial charge in [0, 0.05) is 18.6 Å². The number of rotatable bonds is 5. The van der Waals surface area contributed by atoms with Crippen molar-refractivity contribution >= 4 is 0 Å². The van der Waals surface area contributed by atoms with Crippen molar-refractivity contribution in [1.29, 1.82) is 0 Å². The van der Waals surface area contributed by atoms with Gasteiger partial charge in [-0.15, -0.1) is 0 Å². The van der Waals surface area contributed by atoms with E-state index in [0.29, 0.717) is 6.04 Å². The van der Waals surface area contributed by atoms with Gasteiger partial charge in [0.15, 0.2) is 0 Å². The summed E-state index contributed by atoms with van der Waals surface area (Å²) in [6.07, 6.45) is 4.33. The van der Waals surface area contributed by atoms with Gasteiger partial charge in [-0.25, -0.2) is 0 Å². The van der Waals surface area contributed by atoms with Crippen LogP contribution < -0.4 is 5.32 Å². The molecule has 1 N–H and O–H groups in total. The molecule has 0 aromatic heterocycles. The summed E-state index contributed by atoms with van der Waals surface area (Å²) < 4.78 is 0. The van der Waals surface area contributed by atoms with Gasteiger partial charge >= 0.3 is 0 Å². The van der Waals surface area contributed by atoms with E-state index >= 15 is 0 Å². The first-order valence-corrected chi connectivity index (χ1v) is 7.20. The van der Waals surface area contributed by atoms with Gasteiger partial charge in [-0.1, -0.05) is 30.3 Å². The highest BCUT2D eigenvalue weighted by molar-refractivity contribution is 5.19. The smallest absolute Gasteiger partial charge is 0.0466 e. The van der Waals surface area contributed by atoms with Gasteiger partial charge in [0.2, 0.25) is 0 Å². The average molecular weight is 244 g/mol. The van der Waals surface area contributed by atoms with Gasteiger partial charge in [-0.2, -0.15) is 0 Å². The maximum Gasteiger partial charge on any atom is 0.0466 e. The minimum absolute atomic E-state index is 0.490. The Kier molecular flexibility index (Phi) is 3.40. The van der Waals surface area contributed by atoms with Crippen LogP contribution in [0.25, 0.3) is 0 Å². The van der Waals surface area contributed by atoms with E-state index in [9.17, 15) is 0 Å². The van der Waals surface area contributed by atoms with Crippen molar-refractivity contribution in [3.8, 4) is 0 Å². The highest BCUT2D eigenvalue weighted by Gasteiger charge is 2.47. The van der Waals surface area contributed by atoms with Gasteiger partial charge in [0.25, 0.3) is 0 Å². The molecule has 0 spiro atoms. The molecular formula is C16H24N2. The Morgan fingerprint density at radius 1 is 1.22 bits per heavy atom. The molecule has 4 atom stereocenters. The number of nitrogens with one attached hydrogen (secondary N) is 1. The van der Waals surface area contributed by atoms with E-state index in [0.717, 1.165) is 24.4 Å². The summed E-state index contributed by atoms with van der Waals surface area (Å²) in [7, 11) is 4.35. The van der Waals surface area contributed by atoms with Crippen LogP contribution in [0.3, 0.4) is 0 Å². The van der Waals surface area contributed by atoms with Crippen LogP contribution in [0.5, 0.6) is 0 Å². The van der Waals surface area contributed by atoms with Gasteiger partial charge in [-0.3, -0.25) is 0 Å². The molecule has 2 nitrogen and oxygen atoms in total. The van der Waals surface area contributed by atoms with Crippen LogP contribution in [-0.2, 0) is 0 Å². The molecule has 0 radical (unpaired) electrons. The second-order valence-electron chi connectivity index (χ2n) is 6.14. The van der Waals surface area contributed by atoms with E-state index in [1.165, 1.54) is 24.8 Å². The zero-order valence-corrected chi connectivity index (χ0v) is 11.5. The monoisotopic (exact) mass is 244 g/mol. The number of benzene rings is 1. The lowest BCUT2D eigenvalue weighted by Gasteiger charge is -2.27. The fraction of sp³-hybridized carbons (Fsp3) is 0.625. The molecule has 1 aromatic rings. The zero-order chi connectivity index (χ0) is 12.5. The largest absolute Gasteiger partial charge is 0.312 e. The van der Waals surface area contributed by atoms with Crippen molar-refractivity contribution in [2.24, 2.45) is 11.8 Å². The van der Waals surface area contributed by atoms with E-state index in [1.807, 2.05) is 0 Å². The summed E-state index contributed by atoms with van der Waals surface area (Å²) in [4.78, 5) is 2.32. The first kappa shape index (κ1) is 12.2. The van der Waals surface area contributed by atoms with Crippen molar-refractivity contribution in [2.45, 2.75) is 31.3 Å². The van der Waals surface area contributed by atoms with E-state index in [2.05, 4.69) is 54.6 Å². The number of hydrogen-bond acceptors (Lipinski definition) is 2. The highest BCUT2D eigenvalue weighted by Crippen LogP contribution is 2.51. The highest BCUT2D eigenvalue weighted by atomic mass is 15.1. The first-order valence-electron chi connectivity index (χ1n) is 7.20. The Morgan fingerprint density at radius 2 is 2.00 bits per heavy atom. The summed E-state index contributed by atoms with van der Waals surface area (Å²) in [5.74, 6) is 2.07. The number of fused-ring (bicyclic) bond motifs is 1. The molecule has 2 saturated carbocycles. The molecule has 0 amide bonds. The van der Waals surface area contributed by atoms with E-state index in [1.54, 1.807) is 0 Å². The molecule has 0 aliphatic heterocycles. The Hall–Kier alpha value is -0.860. The van der Waals surface area contributed by atoms with Gasteiger partial charge in [-0.05, 0) is 50.8 Å². The van der Waals surface area contributed by atoms with E-state index < -0.39 is 0 Å². The molecule has 2 unspecified atom stereocenters. The Labute approximate surface area is 110 Å². The van der Waals surface area contributed by atoms with Crippen molar-refractivity contribution in [3.05, 3.63) is 35.9 Å². The molecule has 0 saturated heterocycles. The topological polar surface area (TPSA) is 15.3 Å². The van der Waals surface area contributed by atoms with Crippen LogP contribution in [0.4, 0.5) is 0 Å². The number of nitrogens with zero attached hydrogens (tertiary/aromatic N) is 1. The maximum absolute atomic E-state index is 3.81. The summed E-state index contributed by atoms with van der Waals surface area (Å²) >= 11 is 0. The normalized spacial score (nSPS) is 31.4. The molecule has 0 bridgehead atoms. The van der Waals surface area contributed by atoms with Crippen LogP contribution in [-0.4, -0.2) is 31.6 Å². The molecule has 98 valence electrons.